The van der Waals surface area contributed by atoms with Crippen molar-refractivity contribution in [3.05, 3.63) is 35.4 Å². The summed E-state index contributed by atoms with van der Waals surface area (Å²) in [5.74, 6) is -1.80. The predicted molar refractivity (Wildman–Crippen MR) is 83.2 cm³/mol. The highest BCUT2D eigenvalue weighted by Gasteiger charge is 2.32. The van der Waals surface area contributed by atoms with Gasteiger partial charge in [0.05, 0.1) is 6.04 Å². The molecule has 1 heterocycles. The van der Waals surface area contributed by atoms with E-state index in [-0.39, 0.29) is 12.1 Å². The Morgan fingerprint density at radius 3 is 2.65 bits per heavy atom. The van der Waals surface area contributed by atoms with E-state index in [9.17, 15) is 13.6 Å². The molecule has 1 N–H and O–H groups in total. The van der Waals surface area contributed by atoms with Crippen molar-refractivity contribution in [2.45, 2.75) is 18.6 Å². The first-order valence-electron chi connectivity index (χ1n) is 7.61. The number of carbonyl (C=O) groups is 1. The van der Waals surface area contributed by atoms with Crippen LogP contribution in [0.15, 0.2) is 18.2 Å². The van der Waals surface area contributed by atoms with Crippen LogP contribution in [0.3, 0.4) is 0 Å². The van der Waals surface area contributed by atoms with E-state index in [1.165, 1.54) is 6.07 Å². The van der Waals surface area contributed by atoms with Gasteiger partial charge in [0.1, 0.15) is 6.10 Å². The topological polar surface area (TPSA) is 44.8 Å². The molecular weight excluding hydrogens is 304 g/mol. The van der Waals surface area contributed by atoms with E-state index < -0.39 is 17.7 Å². The molecule has 2 atom stereocenters. The van der Waals surface area contributed by atoms with Crippen molar-refractivity contribution in [1.29, 1.82) is 0 Å². The summed E-state index contributed by atoms with van der Waals surface area (Å²) in [7, 11) is 5.60. The summed E-state index contributed by atoms with van der Waals surface area (Å²) >= 11 is 0. The zero-order valence-corrected chi connectivity index (χ0v) is 13.7. The molecule has 2 rings (SSSR count). The van der Waals surface area contributed by atoms with Gasteiger partial charge in [0.2, 0.25) is 0 Å². The number of urea groups is 1. The standard InChI is InChI=1S/C16H23F2N3O2/c1-20(2)7-8-21(3)16(22)19-14-6-9-23-15(14)11-4-5-12(17)13(18)10-11/h4-5,10,14-15H,6-9H2,1-3H3,(H,19,22)/t14-,15+/m1/s1. The minimum atomic E-state index is -0.911. The van der Waals surface area contributed by atoms with Gasteiger partial charge in [-0.15, -0.1) is 0 Å². The lowest BCUT2D eigenvalue weighted by Gasteiger charge is -2.25. The van der Waals surface area contributed by atoms with Crippen LogP contribution in [0, 0.1) is 11.6 Å². The van der Waals surface area contributed by atoms with Crippen LogP contribution in [-0.2, 0) is 4.74 Å². The summed E-state index contributed by atoms with van der Waals surface area (Å²) < 4.78 is 32.0. The Kier molecular flexibility index (Phi) is 5.90. The SMILES string of the molecule is CN(C)CCN(C)C(=O)N[C@@H]1CCO[C@H]1c1ccc(F)c(F)c1. The Hall–Kier alpha value is -1.73. The molecule has 2 amide bonds. The number of nitrogens with one attached hydrogen (secondary N) is 1. The Balaban J connectivity index is 1.98. The third-order valence-corrected chi connectivity index (χ3v) is 3.90. The molecule has 0 saturated carbocycles. The first-order chi connectivity index (χ1) is 10.9. The van der Waals surface area contributed by atoms with Gasteiger partial charge in [-0.05, 0) is 38.2 Å². The highest BCUT2D eigenvalue weighted by atomic mass is 19.2. The highest BCUT2D eigenvalue weighted by molar-refractivity contribution is 5.74. The summed E-state index contributed by atoms with van der Waals surface area (Å²) in [5.41, 5.74) is 0.530. The largest absolute Gasteiger partial charge is 0.371 e. The highest BCUT2D eigenvalue weighted by Crippen LogP contribution is 2.30. The quantitative estimate of drug-likeness (QED) is 0.900. The molecule has 1 aliphatic heterocycles. The number of ether oxygens (including phenoxy) is 1. The van der Waals surface area contributed by atoms with E-state index in [4.69, 9.17) is 4.74 Å². The van der Waals surface area contributed by atoms with Crippen molar-refractivity contribution in [1.82, 2.24) is 15.1 Å². The van der Waals surface area contributed by atoms with E-state index in [1.54, 1.807) is 11.9 Å². The third kappa shape index (κ3) is 4.62. The molecular formula is C16H23F2N3O2. The van der Waals surface area contributed by atoms with E-state index in [0.29, 0.717) is 25.1 Å². The first kappa shape index (κ1) is 17.6. The minimum Gasteiger partial charge on any atom is -0.371 e. The smallest absolute Gasteiger partial charge is 0.317 e. The number of hydrogen-bond donors (Lipinski definition) is 1. The lowest BCUT2D eigenvalue weighted by atomic mass is 10.0. The number of amides is 2. The fraction of sp³-hybridized carbons (Fsp3) is 0.562. The molecule has 0 spiro atoms. The monoisotopic (exact) mass is 327 g/mol. The van der Waals surface area contributed by atoms with Crippen LogP contribution < -0.4 is 5.32 Å². The summed E-state index contributed by atoms with van der Waals surface area (Å²) in [6.07, 6.45) is 0.174. The second-order valence-electron chi connectivity index (χ2n) is 6.03. The maximum absolute atomic E-state index is 13.4. The van der Waals surface area contributed by atoms with Gasteiger partial charge in [0.25, 0.3) is 0 Å². The zero-order valence-electron chi connectivity index (χ0n) is 13.7. The lowest BCUT2D eigenvalue weighted by Crippen LogP contribution is -2.45. The third-order valence-electron chi connectivity index (χ3n) is 3.90. The Morgan fingerprint density at radius 1 is 1.26 bits per heavy atom. The molecule has 5 nitrogen and oxygen atoms in total. The number of rotatable bonds is 5. The van der Waals surface area contributed by atoms with Gasteiger partial charge in [0.15, 0.2) is 11.6 Å². The molecule has 1 aliphatic rings. The van der Waals surface area contributed by atoms with Crippen molar-refractivity contribution in [2.75, 3.05) is 40.8 Å². The second-order valence-corrected chi connectivity index (χ2v) is 6.03. The van der Waals surface area contributed by atoms with E-state index in [2.05, 4.69) is 5.32 Å². The second kappa shape index (κ2) is 7.70. The van der Waals surface area contributed by atoms with Crippen LogP contribution in [0.2, 0.25) is 0 Å². The molecule has 0 unspecified atom stereocenters. The van der Waals surface area contributed by atoms with Crippen LogP contribution in [0.1, 0.15) is 18.1 Å². The number of hydrogen-bond acceptors (Lipinski definition) is 3. The lowest BCUT2D eigenvalue weighted by molar-refractivity contribution is 0.0980. The predicted octanol–water partition coefficient (Wildman–Crippen LogP) is 2.00. The fourth-order valence-electron chi connectivity index (χ4n) is 2.48. The molecule has 1 aromatic carbocycles. The summed E-state index contributed by atoms with van der Waals surface area (Å²) in [5, 5.41) is 2.91. The molecule has 0 aromatic heterocycles. The van der Waals surface area contributed by atoms with Crippen molar-refractivity contribution in [2.24, 2.45) is 0 Å². The molecule has 1 fully saturated rings. The fourth-order valence-corrected chi connectivity index (χ4v) is 2.48. The van der Waals surface area contributed by atoms with Gasteiger partial charge in [-0.3, -0.25) is 0 Å². The van der Waals surface area contributed by atoms with Gasteiger partial charge in [-0.2, -0.15) is 0 Å². The molecule has 0 bridgehead atoms. The Labute approximate surface area is 135 Å². The maximum atomic E-state index is 13.4. The average Bonchev–Trinajstić information content (AvgIpc) is 2.95. The summed E-state index contributed by atoms with van der Waals surface area (Å²) in [6, 6.07) is 3.24. The molecule has 1 aromatic rings. The number of benzene rings is 1. The van der Waals surface area contributed by atoms with Crippen molar-refractivity contribution in [3.63, 3.8) is 0 Å². The van der Waals surface area contributed by atoms with Crippen LogP contribution in [0.25, 0.3) is 0 Å². The van der Waals surface area contributed by atoms with Crippen LogP contribution in [0.4, 0.5) is 13.6 Å². The average molecular weight is 327 g/mol. The number of halogens is 2. The Morgan fingerprint density at radius 2 is 2.00 bits per heavy atom. The van der Waals surface area contributed by atoms with Crippen molar-refractivity contribution in [3.8, 4) is 0 Å². The van der Waals surface area contributed by atoms with Gasteiger partial charge < -0.3 is 19.9 Å². The maximum Gasteiger partial charge on any atom is 0.317 e. The normalized spacial score (nSPS) is 20.8. The van der Waals surface area contributed by atoms with E-state index in [1.807, 2.05) is 19.0 Å². The molecule has 23 heavy (non-hydrogen) atoms. The van der Waals surface area contributed by atoms with Gasteiger partial charge >= 0.3 is 6.03 Å². The number of nitrogens with zero attached hydrogens (tertiary/aromatic N) is 2. The van der Waals surface area contributed by atoms with E-state index >= 15 is 0 Å². The number of carbonyl (C=O) groups excluding carboxylic acids is 1. The van der Waals surface area contributed by atoms with Crippen LogP contribution in [0.5, 0.6) is 0 Å². The van der Waals surface area contributed by atoms with Crippen LogP contribution in [-0.4, -0.2) is 62.7 Å². The number of likely N-dealkylation sites (N-methyl/N-ethyl adjacent to an activating group) is 2. The molecule has 0 aliphatic carbocycles. The summed E-state index contributed by atoms with van der Waals surface area (Å²) in [6.45, 7) is 1.83. The van der Waals surface area contributed by atoms with Crippen LogP contribution >= 0.6 is 0 Å². The molecule has 0 radical (unpaired) electrons. The zero-order chi connectivity index (χ0) is 17.0. The van der Waals surface area contributed by atoms with E-state index in [0.717, 1.165) is 18.7 Å². The molecule has 128 valence electrons. The molecule has 7 heteroatoms. The minimum absolute atomic E-state index is 0.199. The van der Waals surface area contributed by atoms with Gasteiger partial charge in [-0.1, -0.05) is 6.07 Å². The first-order valence-corrected chi connectivity index (χ1v) is 7.61. The van der Waals surface area contributed by atoms with Gasteiger partial charge in [-0.25, -0.2) is 13.6 Å². The van der Waals surface area contributed by atoms with Crippen molar-refractivity contribution >= 4 is 6.03 Å². The Bertz CT molecular complexity index is 554. The van der Waals surface area contributed by atoms with Gasteiger partial charge in [0, 0.05) is 26.7 Å². The summed E-state index contributed by atoms with van der Waals surface area (Å²) in [4.78, 5) is 15.8. The van der Waals surface area contributed by atoms with Crippen molar-refractivity contribution < 1.29 is 18.3 Å². The molecule has 1 saturated heterocycles.